The van der Waals surface area contributed by atoms with Gasteiger partial charge in [0.2, 0.25) is 0 Å². The molecule has 0 aliphatic carbocycles. The Morgan fingerprint density at radius 1 is 1.28 bits per heavy atom. The highest BCUT2D eigenvalue weighted by Crippen LogP contribution is 2.32. The van der Waals surface area contributed by atoms with E-state index in [4.69, 9.17) is 4.74 Å². The molecule has 1 aromatic carbocycles. The molecule has 0 unspecified atom stereocenters. The summed E-state index contributed by atoms with van der Waals surface area (Å²) in [6, 6.07) is 5.66. The third-order valence-corrected chi connectivity index (χ3v) is 2.79. The fourth-order valence-electron chi connectivity index (χ4n) is 1.85. The molecule has 0 aromatic heterocycles. The summed E-state index contributed by atoms with van der Waals surface area (Å²) >= 11 is 0. The summed E-state index contributed by atoms with van der Waals surface area (Å²) < 4.78 is 5.37. The molecular weight excluding hydrogens is 226 g/mol. The summed E-state index contributed by atoms with van der Waals surface area (Å²) in [5.74, 6) is 0.969. The molecule has 0 saturated carbocycles. The number of nitrogens with zero attached hydrogens (tertiary/aromatic N) is 1. The lowest BCUT2D eigenvalue weighted by molar-refractivity contribution is 0.0957. The normalized spacial score (nSPS) is 11.7. The van der Waals surface area contributed by atoms with Gasteiger partial charge in [0.15, 0.2) is 5.78 Å². The maximum atomic E-state index is 12.1. The number of rotatable bonds is 4. The second-order valence-electron chi connectivity index (χ2n) is 5.83. The van der Waals surface area contributed by atoms with E-state index in [1.54, 1.807) is 7.11 Å². The Labute approximate surface area is 110 Å². The van der Waals surface area contributed by atoms with Gasteiger partial charge < -0.3 is 9.64 Å². The molecule has 0 fully saturated rings. The van der Waals surface area contributed by atoms with Crippen LogP contribution in [-0.4, -0.2) is 38.4 Å². The second-order valence-corrected chi connectivity index (χ2v) is 5.83. The molecule has 0 N–H and O–H groups in total. The van der Waals surface area contributed by atoms with Crippen LogP contribution < -0.4 is 4.74 Å². The number of carbonyl (C=O) groups is 1. The van der Waals surface area contributed by atoms with E-state index in [0.717, 1.165) is 16.9 Å². The standard InChI is InChI=1S/C15H23NO2/c1-15(2,3)12-9-11(7-8-14(12)18-6)13(17)10-16(4)5/h7-9H,10H2,1-6H3. The Bertz CT molecular complexity index is 431. The first-order valence-corrected chi connectivity index (χ1v) is 6.12. The summed E-state index contributed by atoms with van der Waals surface area (Å²) in [5, 5.41) is 0. The van der Waals surface area contributed by atoms with Crippen LogP contribution in [0.5, 0.6) is 5.75 Å². The number of Topliss-reactive ketones (excluding diaryl/α,β-unsaturated/α-hetero) is 1. The molecule has 0 heterocycles. The lowest BCUT2D eigenvalue weighted by Gasteiger charge is -2.23. The molecule has 0 bridgehead atoms. The predicted octanol–water partition coefficient (Wildman–Crippen LogP) is 2.74. The van der Waals surface area contributed by atoms with E-state index in [9.17, 15) is 4.79 Å². The number of hydrogen-bond donors (Lipinski definition) is 0. The minimum atomic E-state index is -0.0419. The van der Waals surface area contributed by atoms with Crippen LogP contribution in [0.25, 0.3) is 0 Å². The highest BCUT2D eigenvalue weighted by Gasteiger charge is 2.20. The zero-order valence-corrected chi connectivity index (χ0v) is 12.2. The van der Waals surface area contributed by atoms with Gasteiger partial charge in [0.05, 0.1) is 13.7 Å². The number of ketones is 1. The minimum Gasteiger partial charge on any atom is -0.496 e. The fraction of sp³-hybridized carbons (Fsp3) is 0.533. The summed E-state index contributed by atoms with van der Waals surface area (Å²) in [4.78, 5) is 13.9. The van der Waals surface area contributed by atoms with Crippen molar-refractivity contribution in [3.8, 4) is 5.75 Å². The van der Waals surface area contributed by atoms with Gasteiger partial charge in [-0.3, -0.25) is 4.79 Å². The highest BCUT2D eigenvalue weighted by atomic mass is 16.5. The van der Waals surface area contributed by atoms with Crippen molar-refractivity contribution in [2.75, 3.05) is 27.7 Å². The van der Waals surface area contributed by atoms with Crippen molar-refractivity contribution in [1.29, 1.82) is 0 Å². The molecule has 1 rings (SSSR count). The van der Waals surface area contributed by atoms with Gasteiger partial charge in [0.25, 0.3) is 0 Å². The Morgan fingerprint density at radius 3 is 2.33 bits per heavy atom. The molecule has 0 amide bonds. The lowest BCUT2D eigenvalue weighted by Crippen LogP contribution is -2.22. The van der Waals surface area contributed by atoms with Gasteiger partial charge in [-0.05, 0) is 37.7 Å². The molecule has 0 aliphatic rings. The van der Waals surface area contributed by atoms with Gasteiger partial charge >= 0.3 is 0 Å². The molecule has 1 aromatic rings. The first kappa shape index (κ1) is 14.7. The third kappa shape index (κ3) is 3.57. The van der Waals surface area contributed by atoms with Gasteiger partial charge in [-0.2, -0.15) is 0 Å². The summed E-state index contributed by atoms with van der Waals surface area (Å²) in [6.45, 7) is 6.77. The number of ether oxygens (including phenoxy) is 1. The number of likely N-dealkylation sites (N-methyl/N-ethyl adjacent to an activating group) is 1. The molecule has 3 heteroatoms. The van der Waals surface area contributed by atoms with Gasteiger partial charge in [0.1, 0.15) is 5.75 Å². The molecule has 0 saturated heterocycles. The SMILES string of the molecule is COc1ccc(C(=O)CN(C)C)cc1C(C)(C)C. The molecule has 0 atom stereocenters. The highest BCUT2D eigenvalue weighted by molar-refractivity contribution is 5.98. The van der Waals surface area contributed by atoms with Crippen LogP contribution in [0.15, 0.2) is 18.2 Å². The third-order valence-electron chi connectivity index (χ3n) is 2.79. The van der Waals surface area contributed by atoms with Gasteiger partial charge in [-0.25, -0.2) is 0 Å². The zero-order valence-electron chi connectivity index (χ0n) is 12.2. The summed E-state index contributed by atoms with van der Waals surface area (Å²) in [5.41, 5.74) is 1.77. The van der Waals surface area contributed by atoms with Crippen LogP contribution in [0.4, 0.5) is 0 Å². The minimum absolute atomic E-state index is 0.0419. The first-order valence-electron chi connectivity index (χ1n) is 6.12. The van der Waals surface area contributed by atoms with Gasteiger partial charge in [0, 0.05) is 11.1 Å². The topological polar surface area (TPSA) is 29.5 Å². The maximum Gasteiger partial charge on any atom is 0.176 e. The fourth-order valence-corrected chi connectivity index (χ4v) is 1.85. The van der Waals surface area contributed by atoms with E-state index >= 15 is 0 Å². The van der Waals surface area contributed by atoms with E-state index < -0.39 is 0 Å². The molecule has 0 radical (unpaired) electrons. The van der Waals surface area contributed by atoms with Crippen LogP contribution in [0.2, 0.25) is 0 Å². The summed E-state index contributed by atoms with van der Waals surface area (Å²) in [7, 11) is 5.45. The molecule has 100 valence electrons. The second kappa shape index (κ2) is 5.53. The first-order chi connectivity index (χ1) is 8.25. The average Bonchev–Trinajstić information content (AvgIpc) is 2.26. The smallest absolute Gasteiger partial charge is 0.176 e. The molecular formula is C15H23NO2. The molecule has 18 heavy (non-hydrogen) atoms. The monoisotopic (exact) mass is 249 g/mol. The lowest BCUT2D eigenvalue weighted by atomic mass is 9.85. The van der Waals surface area contributed by atoms with E-state index in [1.165, 1.54) is 0 Å². The molecule has 0 aliphatic heterocycles. The van der Waals surface area contributed by atoms with Gasteiger partial charge in [-0.15, -0.1) is 0 Å². The van der Waals surface area contributed by atoms with E-state index in [2.05, 4.69) is 20.8 Å². The van der Waals surface area contributed by atoms with E-state index in [0.29, 0.717) is 6.54 Å². The Kier molecular flexibility index (Phi) is 4.52. The van der Waals surface area contributed by atoms with Crippen molar-refractivity contribution >= 4 is 5.78 Å². The van der Waals surface area contributed by atoms with Crippen LogP contribution in [0.3, 0.4) is 0 Å². The predicted molar refractivity (Wildman–Crippen MR) is 74.6 cm³/mol. The Hall–Kier alpha value is -1.35. The van der Waals surface area contributed by atoms with E-state index in [1.807, 2.05) is 37.2 Å². The van der Waals surface area contributed by atoms with Crippen molar-refractivity contribution < 1.29 is 9.53 Å². The Balaban J connectivity index is 3.15. The van der Waals surface area contributed by atoms with Crippen molar-refractivity contribution in [1.82, 2.24) is 4.90 Å². The van der Waals surface area contributed by atoms with Crippen molar-refractivity contribution in [3.05, 3.63) is 29.3 Å². The summed E-state index contributed by atoms with van der Waals surface area (Å²) in [6.07, 6.45) is 0. The maximum absolute atomic E-state index is 12.1. The van der Waals surface area contributed by atoms with Crippen LogP contribution in [0, 0.1) is 0 Å². The van der Waals surface area contributed by atoms with Crippen molar-refractivity contribution in [2.24, 2.45) is 0 Å². The number of hydrogen-bond acceptors (Lipinski definition) is 3. The van der Waals surface area contributed by atoms with Crippen molar-refractivity contribution in [3.63, 3.8) is 0 Å². The largest absolute Gasteiger partial charge is 0.496 e. The van der Waals surface area contributed by atoms with Crippen molar-refractivity contribution in [2.45, 2.75) is 26.2 Å². The van der Waals surface area contributed by atoms with Crippen LogP contribution >= 0.6 is 0 Å². The Morgan fingerprint density at radius 2 is 1.89 bits per heavy atom. The van der Waals surface area contributed by atoms with E-state index in [-0.39, 0.29) is 11.2 Å². The number of benzene rings is 1. The van der Waals surface area contributed by atoms with Gasteiger partial charge in [-0.1, -0.05) is 20.8 Å². The number of carbonyl (C=O) groups excluding carboxylic acids is 1. The van der Waals surface area contributed by atoms with Crippen LogP contribution in [-0.2, 0) is 5.41 Å². The van der Waals surface area contributed by atoms with Crippen LogP contribution in [0.1, 0.15) is 36.7 Å². The molecule has 3 nitrogen and oxygen atoms in total. The number of methoxy groups -OCH3 is 1. The zero-order chi connectivity index (χ0) is 13.9. The molecule has 0 spiro atoms. The average molecular weight is 249 g/mol. The quantitative estimate of drug-likeness (QED) is 0.768.